The second-order valence-corrected chi connectivity index (χ2v) is 9.26. The van der Waals surface area contributed by atoms with Gasteiger partial charge in [0.2, 0.25) is 11.8 Å². The number of carbonyl (C=O) groups excluding carboxylic acids is 2. The molecule has 1 fully saturated rings. The van der Waals surface area contributed by atoms with Gasteiger partial charge in [-0.2, -0.15) is 9.97 Å². The molecule has 0 amide bonds. The number of hydrogen-bond donors (Lipinski definition) is 3. The molecule has 17 heteroatoms. The van der Waals surface area contributed by atoms with Gasteiger partial charge in [-0.3, -0.25) is 18.4 Å². The Labute approximate surface area is 206 Å². The van der Waals surface area contributed by atoms with Gasteiger partial charge in [-0.1, -0.05) is 6.92 Å². The van der Waals surface area contributed by atoms with Crippen LogP contribution in [-0.4, -0.2) is 82.4 Å². The van der Waals surface area contributed by atoms with Crippen LogP contribution in [0.3, 0.4) is 0 Å². The van der Waals surface area contributed by atoms with Gasteiger partial charge in [-0.05, 0) is 13.8 Å². The van der Waals surface area contributed by atoms with E-state index in [9.17, 15) is 19.3 Å². The Kier molecular flexibility index (Phi) is 9.16. The SMILES string of the molecule is CCOC(=O)COP(=O)(NCC(=O)OC)OC1O[C@@H](n2cnc3c(OCC)nc(N)nc32)[C@@H](C)[C@@H]1O. The molecule has 2 unspecified atom stereocenters. The quantitative estimate of drug-likeness (QED) is 0.245. The largest absolute Gasteiger partial charge is 0.476 e. The van der Waals surface area contributed by atoms with Crippen LogP contribution in [0.5, 0.6) is 5.88 Å². The van der Waals surface area contributed by atoms with Crippen molar-refractivity contribution >= 4 is 36.8 Å². The van der Waals surface area contributed by atoms with Gasteiger partial charge in [0.25, 0.3) is 0 Å². The highest BCUT2D eigenvalue weighted by atomic mass is 31.2. The zero-order valence-electron chi connectivity index (χ0n) is 20.2. The smallest absolute Gasteiger partial charge is 0.409 e. The molecule has 0 aliphatic carbocycles. The molecule has 2 aromatic rings. The standard InChI is InChI=1S/C19H29N6O10P/c1-5-31-12(27)8-33-36(29,22-7-11(26)30-4)35-18-14(28)10(3)17(34-18)25-9-21-13-15(25)23-19(20)24-16(13)32-6-2/h9-10,14,17-18,28H,5-8H2,1-4H3,(H,22,29)(H2,20,23,24)/t10-,14-,17+,18?,36?/m0/s1. The van der Waals surface area contributed by atoms with E-state index in [4.69, 9.17) is 29.0 Å². The fourth-order valence-corrected chi connectivity index (χ4v) is 4.59. The maximum Gasteiger partial charge on any atom is 0.409 e. The molecule has 3 heterocycles. The molecule has 2 aromatic heterocycles. The van der Waals surface area contributed by atoms with Crippen LogP contribution in [-0.2, 0) is 37.4 Å². The Balaban J connectivity index is 1.83. The van der Waals surface area contributed by atoms with Crippen LogP contribution in [0.1, 0.15) is 27.0 Å². The zero-order valence-corrected chi connectivity index (χ0v) is 21.0. The Bertz CT molecular complexity index is 1130. The molecule has 4 N–H and O–H groups in total. The Hall–Kier alpha value is -2.88. The van der Waals surface area contributed by atoms with Gasteiger partial charge < -0.3 is 29.8 Å². The summed E-state index contributed by atoms with van der Waals surface area (Å²) in [5, 5.41) is 13.1. The second kappa shape index (κ2) is 11.9. The van der Waals surface area contributed by atoms with E-state index in [1.165, 1.54) is 10.9 Å². The monoisotopic (exact) mass is 532 g/mol. The van der Waals surface area contributed by atoms with Gasteiger partial charge in [0.1, 0.15) is 18.9 Å². The molecule has 0 spiro atoms. The van der Waals surface area contributed by atoms with E-state index in [1.807, 2.05) is 0 Å². The highest BCUT2D eigenvalue weighted by Gasteiger charge is 2.47. The van der Waals surface area contributed by atoms with E-state index in [-0.39, 0.29) is 24.1 Å². The Morgan fingerprint density at radius 3 is 2.69 bits per heavy atom. The van der Waals surface area contributed by atoms with Crippen molar-refractivity contribution < 1.29 is 47.3 Å². The molecular weight excluding hydrogens is 503 g/mol. The summed E-state index contributed by atoms with van der Waals surface area (Å²) in [5.41, 5.74) is 6.41. The van der Waals surface area contributed by atoms with Crippen LogP contribution < -0.4 is 15.6 Å². The average molecular weight is 532 g/mol. The summed E-state index contributed by atoms with van der Waals surface area (Å²) in [4.78, 5) is 35.8. The van der Waals surface area contributed by atoms with E-state index in [0.717, 1.165) is 7.11 Å². The summed E-state index contributed by atoms with van der Waals surface area (Å²) < 4.78 is 45.9. The maximum atomic E-state index is 13.3. The predicted molar refractivity (Wildman–Crippen MR) is 121 cm³/mol. The van der Waals surface area contributed by atoms with Gasteiger partial charge in [0.15, 0.2) is 24.1 Å². The molecule has 1 aliphatic heterocycles. The average Bonchev–Trinajstić information content (AvgIpc) is 3.38. The number of hydrogen-bond acceptors (Lipinski definition) is 14. The first-order chi connectivity index (χ1) is 17.1. The van der Waals surface area contributed by atoms with Crippen molar-refractivity contribution in [1.29, 1.82) is 0 Å². The summed E-state index contributed by atoms with van der Waals surface area (Å²) in [5.74, 6) is -2.09. The molecule has 3 rings (SSSR count). The molecular formula is C19H29N6O10P. The highest BCUT2D eigenvalue weighted by Crippen LogP contribution is 2.49. The lowest BCUT2D eigenvalue weighted by Crippen LogP contribution is -2.32. The van der Waals surface area contributed by atoms with Crippen LogP contribution >= 0.6 is 7.75 Å². The number of nitrogens with two attached hydrogens (primary N) is 1. The topological polar surface area (TPSA) is 208 Å². The first kappa shape index (κ1) is 27.7. The van der Waals surface area contributed by atoms with Crippen LogP contribution in [0.25, 0.3) is 11.2 Å². The van der Waals surface area contributed by atoms with Crippen LogP contribution in [0, 0.1) is 5.92 Å². The number of nitrogens with one attached hydrogen (secondary N) is 1. The van der Waals surface area contributed by atoms with Gasteiger partial charge in [0.05, 0.1) is 26.7 Å². The number of anilines is 1. The molecule has 1 aliphatic rings. The molecule has 0 bridgehead atoms. The minimum atomic E-state index is -4.38. The predicted octanol–water partition coefficient (Wildman–Crippen LogP) is 0.126. The number of aliphatic hydroxyl groups excluding tert-OH is 1. The molecule has 36 heavy (non-hydrogen) atoms. The van der Waals surface area contributed by atoms with E-state index < -0.39 is 57.4 Å². The zero-order chi connectivity index (χ0) is 26.5. The van der Waals surface area contributed by atoms with Crippen LogP contribution in [0.15, 0.2) is 6.33 Å². The third kappa shape index (κ3) is 6.27. The molecule has 0 radical (unpaired) electrons. The van der Waals surface area contributed by atoms with Crippen molar-refractivity contribution in [3.63, 3.8) is 0 Å². The maximum absolute atomic E-state index is 13.3. The number of aromatic nitrogens is 4. The van der Waals surface area contributed by atoms with E-state index in [1.54, 1.807) is 20.8 Å². The Morgan fingerprint density at radius 1 is 1.28 bits per heavy atom. The molecule has 200 valence electrons. The van der Waals surface area contributed by atoms with Crippen LogP contribution in [0.2, 0.25) is 0 Å². The molecule has 16 nitrogen and oxygen atoms in total. The van der Waals surface area contributed by atoms with Gasteiger partial charge in [-0.25, -0.2) is 19.4 Å². The normalized spacial score (nSPS) is 23.4. The molecule has 0 saturated carbocycles. The third-order valence-corrected chi connectivity index (χ3v) is 6.55. The van der Waals surface area contributed by atoms with Gasteiger partial charge in [0, 0.05) is 5.92 Å². The van der Waals surface area contributed by atoms with Crippen molar-refractivity contribution in [2.45, 2.75) is 39.4 Å². The summed E-state index contributed by atoms with van der Waals surface area (Å²) >= 11 is 0. The van der Waals surface area contributed by atoms with Gasteiger partial charge in [-0.15, -0.1) is 0 Å². The minimum Gasteiger partial charge on any atom is -0.476 e. The highest BCUT2D eigenvalue weighted by molar-refractivity contribution is 7.51. The summed E-state index contributed by atoms with van der Waals surface area (Å²) in [6.07, 6.45) is -2.29. The lowest BCUT2D eigenvalue weighted by Gasteiger charge is -2.23. The Morgan fingerprint density at radius 2 is 2.03 bits per heavy atom. The number of fused-ring (bicyclic) bond motifs is 1. The van der Waals surface area contributed by atoms with Crippen LogP contribution in [0.4, 0.5) is 5.95 Å². The van der Waals surface area contributed by atoms with E-state index in [2.05, 4.69) is 24.8 Å². The lowest BCUT2D eigenvalue weighted by molar-refractivity contribution is -0.148. The van der Waals surface area contributed by atoms with E-state index in [0.29, 0.717) is 12.1 Å². The lowest BCUT2D eigenvalue weighted by atomic mass is 10.1. The fourth-order valence-electron chi connectivity index (χ4n) is 3.32. The number of carbonyl (C=O) groups is 2. The fraction of sp³-hybridized carbons (Fsp3) is 0.632. The van der Waals surface area contributed by atoms with Crippen molar-refractivity contribution in [2.24, 2.45) is 5.92 Å². The number of nitrogen functional groups attached to an aromatic ring is 1. The number of ether oxygens (including phenoxy) is 4. The summed E-state index contributed by atoms with van der Waals surface area (Å²) in [7, 11) is -3.25. The number of esters is 2. The summed E-state index contributed by atoms with van der Waals surface area (Å²) in [6.45, 7) is 4.10. The first-order valence-corrected chi connectivity index (χ1v) is 12.5. The van der Waals surface area contributed by atoms with Gasteiger partial charge >= 0.3 is 19.7 Å². The second-order valence-electron chi connectivity index (χ2n) is 7.48. The number of nitrogens with zero attached hydrogens (tertiary/aromatic N) is 4. The first-order valence-electron chi connectivity index (χ1n) is 11.0. The third-order valence-electron chi connectivity index (χ3n) is 5.05. The minimum absolute atomic E-state index is 0.0597. The molecule has 1 saturated heterocycles. The van der Waals surface area contributed by atoms with Crippen molar-refractivity contribution in [3.8, 4) is 5.88 Å². The number of methoxy groups -OCH3 is 1. The molecule has 5 atom stereocenters. The van der Waals surface area contributed by atoms with Crippen molar-refractivity contribution in [2.75, 3.05) is 39.2 Å². The number of imidazole rings is 1. The number of aliphatic hydroxyl groups is 1. The van der Waals surface area contributed by atoms with Crippen molar-refractivity contribution in [3.05, 3.63) is 6.33 Å². The van der Waals surface area contributed by atoms with Crippen molar-refractivity contribution in [1.82, 2.24) is 24.6 Å². The number of rotatable bonds is 12. The summed E-state index contributed by atoms with van der Waals surface area (Å²) in [6, 6.07) is 0. The molecule has 0 aromatic carbocycles. The van der Waals surface area contributed by atoms with E-state index >= 15 is 0 Å².